The van der Waals surface area contributed by atoms with Gasteiger partial charge in [-0.25, -0.2) is 0 Å². The molecule has 0 aliphatic carbocycles. The second kappa shape index (κ2) is 6.74. The second-order valence-corrected chi connectivity index (χ2v) is 6.55. The van der Waals surface area contributed by atoms with Crippen molar-refractivity contribution in [3.05, 3.63) is 87.3 Å². The van der Waals surface area contributed by atoms with Crippen LogP contribution >= 0.6 is 39.1 Å². The third-order valence-electron chi connectivity index (χ3n) is 3.25. The number of rotatable bonds is 3. The zero-order chi connectivity index (χ0) is 15.5. The molecule has 0 atom stereocenters. The van der Waals surface area contributed by atoms with Crippen molar-refractivity contribution in [2.45, 2.75) is 0 Å². The molecular formula is C18H12BrCl2N. The highest BCUT2D eigenvalue weighted by atomic mass is 79.9. The lowest BCUT2D eigenvalue weighted by molar-refractivity contribution is 1.28. The van der Waals surface area contributed by atoms with E-state index in [1.165, 1.54) is 0 Å². The summed E-state index contributed by atoms with van der Waals surface area (Å²) in [4.78, 5) is 2.15. The van der Waals surface area contributed by atoms with Gasteiger partial charge in [-0.15, -0.1) is 0 Å². The van der Waals surface area contributed by atoms with E-state index < -0.39 is 0 Å². The Morgan fingerprint density at radius 1 is 0.545 bits per heavy atom. The van der Waals surface area contributed by atoms with E-state index in [1.807, 2.05) is 60.7 Å². The fourth-order valence-electron chi connectivity index (χ4n) is 2.22. The van der Waals surface area contributed by atoms with Crippen LogP contribution in [-0.4, -0.2) is 0 Å². The van der Waals surface area contributed by atoms with Crippen LogP contribution in [0.15, 0.2) is 77.3 Å². The fourth-order valence-corrected chi connectivity index (χ4v) is 2.73. The fraction of sp³-hybridized carbons (Fsp3) is 0. The molecule has 0 saturated heterocycles. The largest absolute Gasteiger partial charge is 0.311 e. The van der Waals surface area contributed by atoms with Crippen molar-refractivity contribution in [2.75, 3.05) is 4.90 Å². The Kier molecular flexibility index (Phi) is 4.72. The van der Waals surface area contributed by atoms with Gasteiger partial charge in [0.2, 0.25) is 0 Å². The lowest BCUT2D eigenvalue weighted by Crippen LogP contribution is -2.09. The van der Waals surface area contributed by atoms with E-state index in [9.17, 15) is 0 Å². The second-order valence-electron chi connectivity index (χ2n) is 4.76. The molecular weight excluding hydrogens is 381 g/mol. The summed E-state index contributed by atoms with van der Waals surface area (Å²) < 4.78 is 1.04. The number of benzene rings is 3. The molecule has 0 amide bonds. The molecule has 0 bridgehead atoms. The summed E-state index contributed by atoms with van der Waals surface area (Å²) in [5.41, 5.74) is 3.14. The van der Waals surface area contributed by atoms with Crippen molar-refractivity contribution < 1.29 is 0 Å². The van der Waals surface area contributed by atoms with Gasteiger partial charge in [0.05, 0.1) is 0 Å². The van der Waals surface area contributed by atoms with Crippen LogP contribution < -0.4 is 4.90 Å². The van der Waals surface area contributed by atoms with Gasteiger partial charge in [-0.3, -0.25) is 0 Å². The molecule has 0 aliphatic heterocycles. The summed E-state index contributed by atoms with van der Waals surface area (Å²) in [6.07, 6.45) is 0. The summed E-state index contributed by atoms with van der Waals surface area (Å²) in [7, 11) is 0. The Morgan fingerprint density at radius 2 is 0.864 bits per heavy atom. The third kappa shape index (κ3) is 3.46. The van der Waals surface area contributed by atoms with Gasteiger partial charge >= 0.3 is 0 Å². The molecule has 0 unspecified atom stereocenters. The lowest BCUT2D eigenvalue weighted by atomic mass is 10.2. The topological polar surface area (TPSA) is 3.24 Å². The first-order valence-electron chi connectivity index (χ1n) is 6.70. The van der Waals surface area contributed by atoms with Crippen LogP contribution in [0.4, 0.5) is 17.1 Å². The van der Waals surface area contributed by atoms with Crippen LogP contribution in [0.25, 0.3) is 0 Å². The molecule has 110 valence electrons. The van der Waals surface area contributed by atoms with Crippen molar-refractivity contribution >= 4 is 56.2 Å². The molecule has 4 heteroatoms. The number of halogens is 3. The maximum atomic E-state index is 6.01. The van der Waals surface area contributed by atoms with Gasteiger partial charge < -0.3 is 4.90 Å². The van der Waals surface area contributed by atoms with Gasteiger partial charge in [0.15, 0.2) is 0 Å². The van der Waals surface area contributed by atoms with Gasteiger partial charge in [0, 0.05) is 31.6 Å². The van der Waals surface area contributed by atoms with Crippen LogP contribution in [0.2, 0.25) is 10.0 Å². The van der Waals surface area contributed by atoms with Gasteiger partial charge in [-0.1, -0.05) is 39.1 Å². The summed E-state index contributed by atoms with van der Waals surface area (Å²) in [5, 5.41) is 1.44. The first-order valence-corrected chi connectivity index (χ1v) is 8.25. The normalized spacial score (nSPS) is 10.5. The Bertz CT molecular complexity index is 644. The van der Waals surface area contributed by atoms with Crippen LogP contribution in [0.5, 0.6) is 0 Å². The molecule has 3 rings (SSSR count). The van der Waals surface area contributed by atoms with Crippen molar-refractivity contribution in [1.29, 1.82) is 0 Å². The molecule has 1 nitrogen and oxygen atoms in total. The summed E-state index contributed by atoms with van der Waals surface area (Å²) in [6.45, 7) is 0. The number of hydrogen-bond donors (Lipinski definition) is 0. The smallest absolute Gasteiger partial charge is 0.0462 e. The van der Waals surface area contributed by atoms with Gasteiger partial charge in [0.1, 0.15) is 0 Å². The first-order chi connectivity index (χ1) is 10.6. The van der Waals surface area contributed by atoms with Crippen LogP contribution in [-0.2, 0) is 0 Å². The first kappa shape index (κ1) is 15.4. The number of anilines is 3. The molecule has 0 aliphatic rings. The van der Waals surface area contributed by atoms with Crippen LogP contribution in [0.1, 0.15) is 0 Å². The van der Waals surface area contributed by atoms with E-state index in [-0.39, 0.29) is 0 Å². The molecule has 0 spiro atoms. The Hall–Kier alpha value is -1.48. The van der Waals surface area contributed by atoms with E-state index in [0.29, 0.717) is 0 Å². The molecule has 0 N–H and O–H groups in total. The molecule has 0 saturated carbocycles. The minimum atomic E-state index is 0.718. The average Bonchev–Trinajstić information content (AvgIpc) is 2.53. The minimum Gasteiger partial charge on any atom is -0.311 e. The molecule has 22 heavy (non-hydrogen) atoms. The van der Waals surface area contributed by atoms with Crippen LogP contribution in [0.3, 0.4) is 0 Å². The number of hydrogen-bond acceptors (Lipinski definition) is 1. The zero-order valence-corrected chi connectivity index (χ0v) is 14.6. The Labute approximate surface area is 148 Å². The van der Waals surface area contributed by atoms with E-state index in [1.54, 1.807) is 0 Å². The highest BCUT2D eigenvalue weighted by Gasteiger charge is 2.12. The van der Waals surface area contributed by atoms with Gasteiger partial charge in [-0.2, -0.15) is 0 Å². The maximum absolute atomic E-state index is 6.01. The molecule has 0 aromatic heterocycles. The Balaban J connectivity index is 2.10. The van der Waals surface area contributed by atoms with Crippen molar-refractivity contribution in [3.8, 4) is 0 Å². The molecule has 0 radical (unpaired) electrons. The van der Waals surface area contributed by atoms with Gasteiger partial charge in [0.25, 0.3) is 0 Å². The lowest BCUT2D eigenvalue weighted by Gasteiger charge is -2.25. The van der Waals surface area contributed by atoms with Crippen molar-refractivity contribution in [1.82, 2.24) is 0 Å². The Morgan fingerprint density at radius 3 is 1.23 bits per heavy atom. The highest BCUT2D eigenvalue weighted by molar-refractivity contribution is 9.10. The zero-order valence-electron chi connectivity index (χ0n) is 11.5. The standard InChI is InChI=1S/C18H12BrCl2N/c19-13-1-7-16(8-2-13)22(17-9-3-14(20)4-10-17)18-11-5-15(21)6-12-18/h1-12H. The quantitative estimate of drug-likeness (QED) is 0.454. The summed E-state index contributed by atoms with van der Waals surface area (Å²) in [6, 6.07) is 23.7. The minimum absolute atomic E-state index is 0.718. The highest BCUT2D eigenvalue weighted by Crippen LogP contribution is 2.35. The van der Waals surface area contributed by atoms with Crippen molar-refractivity contribution in [2.24, 2.45) is 0 Å². The van der Waals surface area contributed by atoms with E-state index in [0.717, 1.165) is 31.6 Å². The predicted octanol–water partition coefficient (Wildman–Crippen LogP) is 7.23. The molecule has 3 aromatic rings. The third-order valence-corrected chi connectivity index (χ3v) is 4.29. The molecule has 0 fully saturated rings. The molecule has 0 heterocycles. The van der Waals surface area contributed by atoms with Crippen LogP contribution in [0, 0.1) is 0 Å². The summed E-state index contributed by atoms with van der Waals surface area (Å²) >= 11 is 15.5. The number of nitrogens with zero attached hydrogens (tertiary/aromatic N) is 1. The predicted molar refractivity (Wildman–Crippen MR) is 98.8 cm³/mol. The van der Waals surface area contributed by atoms with E-state index in [4.69, 9.17) is 23.2 Å². The molecule has 3 aromatic carbocycles. The monoisotopic (exact) mass is 391 g/mol. The van der Waals surface area contributed by atoms with Gasteiger partial charge in [-0.05, 0) is 72.8 Å². The van der Waals surface area contributed by atoms with E-state index >= 15 is 0 Å². The van der Waals surface area contributed by atoms with Crippen molar-refractivity contribution in [3.63, 3.8) is 0 Å². The summed E-state index contributed by atoms with van der Waals surface area (Å²) in [5.74, 6) is 0. The SMILES string of the molecule is Clc1ccc(N(c2ccc(Cl)cc2)c2ccc(Br)cc2)cc1. The van der Waals surface area contributed by atoms with E-state index in [2.05, 4.69) is 33.0 Å². The maximum Gasteiger partial charge on any atom is 0.0462 e. The average molecular weight is 393 g/mol.